The molecule has 0 saturated carbocycles. The van der Waals surface area contributed by atoms with Crippen LogP contribution >= 0.6 is 0 Å². The molecule has 20 heavy (non-hydrogen) atoms. The summed E-state index contributed by atoms with van der Waals surface area (Å²) in [5.74, 6) is 0. The van der Waals surface area contributed by atoms with Gasteiger partial charge in [-0.25, -0.2) is 0 Å². The Morgan fingerprint density at radius 2 is 2.15 bits per heavy atom. The zero-order chi connectivity index (χ0) is 14.6. The highest BCUT2D eigenvalue weighted by Gasteiger charge is 2.32. The predicted molar refractivity (Wildman–Crippen MR) is 80.8 cm³/mol. The van der Waals surface area contributed by atoms with Crippen molar-refractivity contribution in [1.29, 1.82) is 0 Å². The van der Waals surface area contributed by atoms with E-state index in [2.05, 4.69) is 30.7 Å². The molecule has 1 aliphatic rings. The molecule has 0 radical (unpaired) electrons. The second kappa shape index (κ2) is 6.74. The highest BCUT2D eigenvalue weighted by Crippen LogP contribution is 2.39. The molecule has 114 valence electrons. The largest absolute Gasteiger partial charge is 0.382 e. The number of ether oxygens (including phenoxy) is 2. The Morgan fingerprint density at radius 3 is 2.90 bits per heavy atom. The normalized spacial score (nSPS) is 20.9. The van der Waals surface area contributed by atoms with Crippen LogP contribution in [0.4, 0.5) is 0 Å². The summed E-state index contributed by atoms with van der Waals surface area (Å²) in [4.78, 5) is 0. The van der Waals surface area contributed by atoms with Crippen LogP contribution in [0.3, 0.4) is 0 Å². The second-order valence-corrected chi connectivity index (χ2v) is 6.52. The van der Waals surface area contributed by atoms with Gasteiger partial charge in [0.05, 0.1) is 13.2 Å². The van der Waals surface area contributed by atoms with Crippen LogP contribution in [-0.4, -0.2) is 31.5 Å². The van der Waals surface area contributed by atoms with E-state index in [1.165, 1.54) is 11.3 Å². The van der Waals surface area contributed by atoms with Crippen molar-refractivity contribution in [3.8, 4) is 0 Å². The molecule has 1 atom stereocenters. The van der Waals surface area contributed by atoms with Crippen LogP contribution in [0.5, 0.6) is 0 Å². The average molecular weight is 280 g/mol. The molecule has 0 aliphatic heterocycles. The van der Waals surface area contributed by atoms with Crippen molar-refractivity contribution in [2.75, 3.05) is 26.9 Å². The summed E-state index contributed by atoms with van der Waals surface area (Å²) < 4.78 is 12.8. The lowest BCUT2D eigenvalue weighted by molar-refractivity contribution is 0.0679. The van der Waals surface area contributed by atoms with E-state index in [1.807, 2.05) is 0 Å². The topological polar surface area (TPSA) is 49.4 Å². The molecule has 0 bridgehead atoms. The van der Waals surface area contributed by atoms with Crippen molar-refractivity contribution in [1.82, 2.24) is 4.57 Å². The smallest absolute Gasteiger partial charge is 0.0700 e. The highest BCUT2D eigenvalue weighted by atomic mass is 16.5. The Bertz CT molecular complexity index is 426. The van der Waals surface area contributed by atoms with Gasteiger partial charge in [0.1, 0.15) is 0 Å². The Kier molecular flexibility index (Phi) is 5.24. The summed E-state index contributed by atoms with van der Waals surface area (Å²) >= 11 is 0. The lowest BCUT2D eigenvalue weighted by Gasteiger charge is -2.34. The molecule has 1 aliphatic carbocycles. The minimum atomic E-state index is 0.188. The first-order valence-electron chi connectivity index (χ1n) is 7.54. The minimum absolute atomic E-state index is 0.188. The monoisotopic (exact) mass is 280 g/mol. The van der Waals surface area contributed by atoms with E-state index >= 15 is 0 Å². The molecule has 0 spiro atoms. The molecule has 2 N–H and O–H groups in total. The number of fused-ring (bicyclic) bond motifs is 1. The highest BCUT2D eigenvalue weighted by molar-refractivity contribution is 5.30. The first-order valence-corrected chi connectivity index (χ1v) is 7.54. The molecular weight excluding hydrogens is 252 g/mol. The van der Waals surface area contributed by atoms with Gasteiger partial charge >= 0.3 is 0 Å². The van der Waals surface area contributed by atoms with Crippen LogP contribution in [0.25, 0.3) is 0 Å². The number of aromatic nitrogens is 1. The van der Waals surface area contributed by atoms with Crippen LogP contribution in [0.1, 0.15) is 44.0 Å². The quantitative estimate of drug-likeness (QED) is 0.781. The van der Waals surface area contributed by atoms with Gasteiger partial charge in [-0.2, -0.15) is 0 Å². The number of hydrogen-bond donors (Lipinski definition) is 1. The number of nitrogens with zero attached hydrogens (tertiary/aromatic N) is 1. The maximum atomic E-state index is 6.29. The predicted octanol–water partition coefficient (Wildman–Crippen LogP) is 2.51. The van der Waals surface area contributed by atoms with Crippen molar-refractivity contribution in [3.05, 3.63) is 23.5 Å². The summed E-state index contributed by atoms with van der Waals surface area (Å²) in [7, 11) is 1.69. The number of rotatable bonds is 7. The molecule has 2 rings (SSSR count). The van der Waals surface area contributed by atoms with Crippen LogP contribution in [0.15, 0.2) is 12.3 Å². The van der Waals surface area contributed by atoms with Gasteiger partial charge in [-0.3, -0.25) is 0 Å². The fourth-order valence-electron chi connectivity index (χ4n) is 3.08. The van der Waals surface area contributed by atoms with Gasteiger partial charge < -0.3 is 19.8 Å². The molecule has 0 aromatic carbocycles. The maximum Gasteiger partial charge on any atom is 0.0700 e. The molecule has 0 saturated heterocycles. The number of aryl methyl sites for hydroxylation is 1. The van der Waals surface area contributed by atoms with E-state index in [9.17, 15) is 0 Å². The number of hydrogen-bond acceptors (Lipinski definition) is 3. The summed E-state index contributed by atoms with van der Waals surface area (Å²) in [5, 5.41) is 0. The zero-order valence-electron chi connectivity index (χ0n) is 13.0. The first-order chi connectivity index (χ1) is 9.53. The van der Waals surface area contributed by atoms with Crippen molar-refractivity contribution in [2.45, 2.75) is 45.7 Å². The van der Waals surface area contributed by atoms with Gasteiger partial charge in [0.15, 0.2) is 0 Å². The van der Waals surface area contributed by atoms with E-state index in [-0.39, 0.29) is 6.04 Å². The standard InChI is InChI=1S/C16H28N2O2/c1-16(2)11-14(17)13-5-7-18(15(13)12-16)6-4-8-20-10-9-19-3/h5,7,14H,4,6,8-12,17H2,1-3H3. The average Bonchev–Trinajstić information content (AvgIpc) is 2.75. The third-order valence-electron chi connectivity index (χ3n) is 4.05. The summed E-state index contributed by atoms with van der Waals surface area (Å²) in [5.41, 5.74) is 9.36. The Labute approximate surface area is 122 Å². The number of nitrogens with two attached hydrogens (primary N) is 1. The molecule has 1 aromatic heterocycles. The van der Waals surface area contributed by atoms with Gasteiger partial charge in [0.2, 0.25) is 0 Å². The van der Waals surface area contributed by atoms with Crippen LogP contribution in [-0.2, 0) is 22.4 Å². The number of methoxy groups -OCH3 is 1. The molecule has 0 amide bonds. The van der Waals surface area contributed by atoms with Crippen LogP contribution in [0.2, 0.25) is 0 Å². The molecule has 4 heteroatoms. The lowest BCUT2D eigenvalue weighted by Crippen LogP contribution is -2.30. The third-order valence-corrected chi connectivity index (χ3v) is 4.05. The molecule has 1 heterocycles. The van der Waals surface area contributed by atoms with E-state index < -0.39 is 0 Å². The summed E-state index contributed by atoms with van der Waals surface area (Å²) in [6, 6.07) is 2.38. The van der Waals surface area contributed by atoms with E-state index in [1.54, 1.807) is 7.11 Å². The fraction of sp³-hybridized carbons (Fsp3) is 0.750. The van der Waals surface area contributed by atoms with Gasteiger partial charge in [0, 0.05) is 38.2 Å². The molecule has 4 nitrogen and oxygen atoms in total. The Hall–Kier alpha value is -0.840. The van der Waals surface area contributed by atoms with Crippen LogP contribution in [0, 0.1) is 5.41 Å². The van der Waals surface area contributed by atoms with Crippen molar-refractivity contribution < 1.29 is 9.47 Å². The van der Waals surface area contributed by atoms with Gasteiger partial charge in [0.25, 0.3) is 0 Å². The lowest BCUT2D eigenvalue weighted by atomic mass is 9.74. The van der Waals surface area contributed by atoms with Crippen LogP contribution < -0.4 is 5.73 Å². The maximum absolute atomic E-state index is 6.29. The van der Waals surface area contributed by atoms with Gasteiger partial charge in [-0.15, -0.1) is 0 Å². The van der Waals surface area contributed by atoms with Gasteiger partial charge in [-0.05, 0) is 36.3 Å². The zero-order valence-corrected chi connectivity index (χ0v) is 13.0. The van der Waals surface area contributed by atoms with Crippen molar-refractivity contribution >= 4 is 0 Å². The van der Waals surface area contributed by atoms with E-state index in [0.29, 0.717) is 18.6 Å². The molecule has 1 unspecified atom stereocenters. The van der Waals surface area contributed by atoms with Gasteiger partial charge in [-0.1, -0.05) is 13.8 Å². The second-order valence-electron chi connectivity index (χ2n) is 6.52. The SMILES string of the molecule is COCCOCCCn1ccc2c1CC(C)(C)CC2N. The molecule has 1 aromatic rings. The molecular formula is C16H28N2O2. The summed E-state index contributed by atoms with van der Waals surface area (Å²) in [6.07, 6.45) is 5.40. The fourth-order valence-corrected chi connectivity index (χ4v) is 3.08. The Balaban J connectivity index is 1.88. The third kappa shape index (κ3) is 3.84. The Morgan fingerprint density at radius 1 is 1.35 bits per heavy atom. The first kappa shape index (κ1) is 15.5. The minimum Gasteiger partial charge on any atom is -0.382 e. The molecule has 0 fully saturated rings. The van der Waals surface area contributed by atoms with E-state index in [4.69, 9.17) is 15.2 Å². The van der Waals surface area contributed by atoms with E-state index in [0.717, 1.165) is 32.4 Å². The van der Waals surface area contributed by atoms with Crippen molar-refractivity contribution in [3.63, 3.8) is 0 Å². The van der Waals surface area contributed by atoms with Crippen molar-refractivity contribution in [2.24, 2.45) is 11.1 Å². The summed E-state index contributed by atoms with van der Waals surface area (Å²) in [6.45, 7) is 7.75.